The van der Waals surface area contributed by atoms with Crippen LogP contribution in [0, 0.1) is 5.82 Å². The first-order chi connectivity index (χ1) is 14.6. The minimum atomic E-state index is -0.503. The molecule has 2 amide bonds. The molecule has 0 bridgehead atoms. The van der Waals surface area contributed by atoms with Gasteiger partial charge >= 0.3 is 0 Å². The van der Waals surface area contributed by atoms with E-state index in [2.05, 4.69) is 5.32 Å². The van der Waals surface area contributed by atoms with Crippen molar-refractivity contribution in [3.05, 3.63) is 95.3 Å². The third-order valence-electron chi connectivity index (χ3n) is 5.25. The number of benzene rings is 3. The number of nitrogens with one attached hydrogen (secondary N) is 1. The van der Waals surface area contributed by atoms with Crippen LogP contribution in [0.15, 0.2) is 72.8 Å². The molecule has 0 fully saturated rings. The lowest BCUT2D eigenvalue weighted by Gasteiger charge is -2.28. The predicted molar refractivity (Wildman–Crippen MR) is 112 cm³/mol. The second-order valence-corrected chi connectivity index (χ2v) is 7.11. The number of nitrogens with zero attached hydrogens (tertiary/aromatic N) is 1. The molecule has 0 spiro atoms. The molecule has 0 unspecified atom stereocenters. The summed E-state index contributed by atoms with van der Waals surface area (Å²) in [5, 5.41) is 2.62. The van der Waals surface area contributed by atoms with Gasteiger partial charge in [-0.15, -0.1) is 0 Å². The van der Waals surface area contributed by atoms with Crippen LogP contribution in [0.1, 0.15) is 33.9 Å². The van der Waals surface area contributed by atoms with Crippen molar-refractivity contribution < 1.29 is 18.7 Å². The van der Waals surface area contributed by atoms with Gasteiger partial charge in [-0.05, 0) is 41.5 Å². The van der Waals surface area contributed by atoms with Crippen molar-refractivity contribution >= 4 is 17.5 Å². The number of fused-ring (bicyclic) bond motifs is 1. The van der Waals surface area contributed by atoms with E-state index in [1.165, 1.54) is 12.1 Å². The first kappa shape index (κ1) is 19.6. The number of methoxy groups -OCH3 is 1. The first-order valence-electron chi connectivity index (χ1n) is 9.64. The van der Waals surface area contributed by atoms with Crippen LogP contribution in [-0.2, 0) is 11.3 Å². The number of halogens is 1. The summed E-state index contributed by atoms with van der Waals surface area (Å²) in [5.74, 6) is -0.310. The largest absolute Gasteiger partial charge is 0.497 e. The number of hydrogen-bond donors (Lipinski definition) is 1. The number of anilines is 1. The second kappa shape index (κ2) is 8.37. The minimum Gasteiger partial charge on any atom is -0.497 e. The van der Waals surface area contributed by atoms with Gasteiger partial charge in [0.05, 0.1) is 25.3 Å². The number of amides is 2. The number of hydrogen-bond acceptors (Lipinski definition) is 3. The molecule has 0 saturated heterocycles. The van der Waals surface area contributed by atoms with Crippen molar-refractivity contribution in [2.45, 2.75) is 19.0 Å². The third kappa shape index (κ3) is 3.89. The average molecular weight is 404 g/mol. The summed E-state index contributed by atoms with van der Waals surface area (Å²) in [5.41, 5.74) is 2.49. The molecule has 1 N–H and O–H groups in total. The fourth-order valence-electron chi connectivity index (χ4n) is 3.70. The number of para-hydroxylation sites is 1. The smallest absolute Gasteiger partial charge is 0.255 e. The Morgan fingerprint density at radius 1 is 1.07 bits per heavy atom. The molecule has 1 heterocycles. The van der Waals surface area contributed by atoms with Crippen LogP contribution in [0.5, 0.6) is 5.75 Å². The fourth-order valence-corrected chi connectivity index (χ4v) is 3.70. The van der Waals surface area contributed by atoms with E-state index in [0.29, 0.717) is 17.9 Å². The number of carbonyl (C=O) groups is 2. The van der Waals surface area contributed by atoms with E-state index in [-0.39, 0.29) is 23.9 Å². The number of carbonyl (C=O) groups excluding carboxylic acids is 2. The molecule has 1 atom stereocenters. The summed E-state index contributed by atoms with van der Waals surface area (Å²) in [6.07, 6.45) is 0.000389. The van der Waals surface area contributed by atoms with Gasteiger partial charge in [-0.3, -0.25) is 9.59 Å². The van der Waals surface area contributed by atoms with Crippen molar-refractivity contribution in [1.82, 2.24) is 4.90 Å². The quantitative estimate of drug-likeness (QED) is 0.655. The van der Waals surface area contributed by atoms with Crippen molar-refractivity contribution in [3.63, 3.8) is 0 Å². The van der Waals surface area contributed by atoms with Crippen molar-refractivity contribution in [2.24, 2.45) is 0 Å². The maximum absolute atomic E-state index is 13.9. The maximum Gasteiger partial charge on any atom is 0.255 e. The molecule has 0 saturated carbocycles. The molecule has 0 aliphatic carbocycles. The lowest BCUT2D eigenvalue weighted by Crippen LogP contribution is -2.32. The predicted octanol–water partition coefficient (Wildman–Crippen LogP) is 4.56. The molecule has 30 heavy (non-hydrogen) atoms. The zero-order valence-corrected chi connectivity index (χ0v) is 16.5. The van der Waals surface area contributed by atoms with Gasteiger partial charge in [-0.25, -0.2) is 4.39 Å². The standard InChI is InChI=1S/C24H21FN2O3/c1-30-18-12-10-16(11-13-18)22(14-23(28)26-21-9-5-4-8-20(21)25)27-15-17-6-2-3-7-19(17)24(27)29/h2-13,22H,14-15H2,1H3,(H,26,28)/t22-/m0/s1. The number of rotatable bonds is 6. The second-order valence-electron chi connectivity index (χ2n) is 7.11. The number of ether oxygens (including phenoxy) is 1. The zero-order chi connectivity index (χ0) is 21.1. The van der Waals surface area contributed by atoms with Crippen LogP contribution in [-0.4, -0.2) is 23.8 Å². The van der Waals surface area contributed by atoms with Crippen LogP contribution in [0.25, 0.3) is 0 Å². The molecular weight excluding hydrogens is 383 g/mol. The maximum atomic E-state index is 13.9. The SMILES string of the molecule is COc1ccc([C@H](CC(=O)Nc2ccccc2F)N2Cc3ccccc3C2=O)cc1. The van der Waals surface area contributed by atoms with Gasteiger partial charge in [0, 0.05) is 12.1 Å². The highest BCUT2D eigenvalue weighted by atomic mass is 19.1. The van der Waals surface area contributed by atoms with E-state index < -0.39 is 11.9 Å². The summed E-state index contributed by atoms with van der Waals surface area (Å²) in [7, 11) is 1.58. The molecule has 4 rings (SSSR count). The van der Waals surface area contributed by atoms with E-state index in [0.717, 1.165) is 11.1 Å². The Morgan fingerprint density at radius 2 is 1.77 bits per heavy atom. The molecule has 1 aliphatic heterocycles. The van der Waals surface area contributed by atoms with Gasteiger partial charge in [0.1, 0.15) is 11.6 Å². The Morgan fingerprint density at radius 3 is 2.47 bits per heavy atom. The molecule has 152 valence electrons. The summed E-state index contributed by atoms with van der Waals surface area (Å²) >= 11 is 0. The van der Waals surface area contributed by atoms with Gasteiger partial charge in [-0.1, -0.05) is 42.5 Å². The molecule has 1 aliphatic rings. The van der Waals surface area contributed by atoms with Gasteiger partial charge in [0.25, 0.3) is 5.91 Å². The summed E-state index contributed by atoms with van der Waals surface area (Å²) in [4.78, 5) is 27.5. The highest BCUT2D eigenvalue weighted by Gasteiger charge is 2.34. The van der Waals surface area contributed by atoms with Crippen molar-refractivity contribution in [3.8, 4) is 5.75 Å². The molecule has 3 aromatic rings. The van der Waals surface area contributed by atoms with E-state index in [1.54, 1.807) is 42.3 Å². The van der Waals surface area contributed by atoms with E-state index in [9.17, 15) is 14.0 Å². The monoisotopic (exact) mass is 404 g/mol. The van der Waals surface area contributed by atoms with Crippen LogP contribution >= 0.6 is 0 Å². The first-order valence-corrected chi connectivity index (χ1v) is 9.64. The van der Waals surface area contributed by atoms with E-state index >= 15 is 0 Å². The Labute approximate surface area is 174 Å². The molecule has 3 aromatic carbocycles. The van der Waals surface area contributed by atoms with Crippen LogP contribution < -0.4 is 10.1 Å². The average Bonchev–Trinajstić information content (AvgIpc) is 3.10. The van der Waals surface area contributed by atoms with Gasteiger partial charge < -0.3 is 15.0 Å². The summed E-state index contributed by atoms with van der Waals surface area (Å²) < 4.78 is 19.2. The van der Waals surface area contributed by atoms with E-state index in [1.807, 2.05) is 30.3 Å². The highest BCUT2D eigenvalue weighted by molar-refractivity contribution is 5.99. The van der Waals surface area contributed by atoms with Crippen LogP contribution in [0.4, 0.5) is 10.1 Å². The summed E-state index contributed by atoms with van der Waals surface area (Å²) in [6, 6.07) is 20.2. The Bertz CT molecular complexity index is 1080. The Kier molecular flexibility index (Phi) is 5.48. The molecule has 6 heteroatoms. The van der Waals surface area contributed by atoms with Gasteiger partial charge in [0.2, 0.25) is 5.91 Å². The van der Waals surface area contributed by atoms with E-state index in [4.69, 9.17) is 4.74 Å². The minimum absolute atomic E-state index is 0.000389. The van der Waals surface area contributed by atoms with Crippen molar-refractivity contribution in [1.29, 1.82) is 0 Å². The molecule has 0 radical (unpaired) electrons. The van der Waals surface area contributed by atoms with Crippen LogP contribution in [0.2, 0.25) is 0 Å². The molecule has 0 aromatic heterocycles. The normalized spacial score (nSPS) is 13.7. The summed E-state index contributed by atoms with van der Waals surface area (Å²) in [6.45, 7) is 0.415. The lowest BCUT2D eigenvalue weighted by atomic mass is 10.0. The van der Waals surface area contributed by atoms with Gasteiger partial charge in [0.15, 0.2) is 0 Å². The fraction of sp³-hybridized carbons (Fsp3) is 0.167. The highest BCUT2D eigenvalue weighted by Crippen LogP contribution is 2.34. The van der Waals surface area contributed by atoms with Gasteiger partial charge in [-0.2, -0.15) is 0 Å². The Balaban J connectivity index is 1.61. The molecular formula is C24H21FN2O3. The Hall–Kier alpha value is -3.67. The lowest BCUT2D eigenvalue weighted by molar-refractivity contribution is -0.117. The van der Waals surface area contributed by atoms with Crippen molar-refractivity contribution in [2.75, 3.05) is 12.4 Å². The zero-order valence-electron chi connectivity index (χ0n) is 16.5. The third-order valence-corrected chi connectivity index (χ3v) is 5.25. The van der Waals surface area contributed by atoms with Crippen LogP contribution in [0.3, 0.4) is 0 Å². The topological polar surface area (TPSA) is 58.6 Å². The molecule has 5 nitrogen and oxygen atoms in total.